The van der Waals surface area contributed by atoms with Gasteiger partial charge in [-0.05, 0) is 54.4 Å². The minimum Gasteiger partial charge on any atom is -0.379 e. The Balaban J connectivity index is 1.77. The van der Waals surface area contributed by atoms with Crippen molar-refractivity contribution >= 4 is 43.5 Å². The van der Waals surface area contributed by atoms with Gasteiger partial charge >= 0.3 is 0 Å². The van der Waals surface area contributed by atoms with Gasteiger partial charge in [-0.25, -0.2) is 18.6 Å². The van der Waals surface area contributed by atoms with Crippen molar-refractivity contribution in [3.8, 4) is 0 Å². The number of hydrogen-bond donors (Lipinski definition) is 4. The predicted molar refractivity (Wildman–Crippen MR) is 138 cm³/mol. The standard InChI is InChI=1S/C24H31BrN4O6S/c1-16(2)22(24(31)27-32)21(15-29-11-13-35-14-12-29)28-36(33,34)20-9-7-19(8-10-20)26-23(30)17-3-5-18(25)6-4-17/h3-10,16,21-22,28,32H,11-15H2,1-2H3,(H,26,30)(H,27,31)/t21-,22?/m0/s1. The first kappa shape index (κ1) is 28.2. The van der Waals surface area contributed by atoms with Crippen LogP contribution in [0.1, 0.15) is 24.2 Å². The molecule has 3 rings (SSSR count). The van der Waals surface area contributed by atoms with Crippen LogP contribution in [0.4, 0.5) is 5.69 Å². The van der Waals surface area contributed by atoms with E-state index in [9.17, 15) is 23.2 Å². The first-order valence-corrected chi connectivity index (χ1v) is 13.8. The Morgan fingerprint density at radius 3 is 2.22 bits per heavy atom. The van der Waals surface area contributed by atoms with Crippen LogP contribution in [-0.4, -0.2) is 69.2 Å². The summed E-state index contributed by atoms with van der Waals surface area (Å²) in [6.45, 7) is 6.12. The molecule has 1 saturated heterocycles. The Morgan fingerprint density at radius 2 is 1.67 bits per heavy atom. The maximum absolute atomic E-state index is 13.3. The summed E-state index contributed by atoms with van der Waals surface area (Å²) in [7, 11) is -4.02. The lowest BCUT2D eigenvalue weighted by atomic mass is 9.88. The van der Waals surface area contributed by atoms with Gasteiger partial charge in [-0.2, -0.15) is 0 Å². The Bertz CT molecular complexity index is 1140. The maximum Gasteiger partial charge on any atom is 0.255 e. The normalized spacial score (nSPS) is 16.4. The minimum absolute atomic E-state index is 0.0111. The molecule has 1 heterocycles. The van der Waals surface area contributed by atoms with Gasteiger partial charge in [0.2, 0.25) is 15.9 Å². The number of benzene rings is 2. The van der Waals surface area contributed by atoms with Crippen LogP contribution < -0.4 is 15.5 Å². The molecule has 1 fully saturated rings. The summed E-state index contributed by atoms with van der Waals surface area (Å²) in [5.41, 5.74) is 2.57. The van der Waals surface area contributed by atoms with Gasteiger partial charge in [0.1, 0.15) is 0 Å². The van der Waals surface area contributed by atoms with E-state index in [-0.39, 0.29) is 23.3 Å². The summed E-state index contributed by atoms with van der Waals surface area (Å²) in [4.78, 5) is 26.9. The second-order valence-corrected chi connectivity index (χ2v) is 11.5. The first-order valence-electron chi connectivity index (χ1n) is 11.5. The van der Waals surface area contributed by atoms with Crippen molar-refractivity contribution < 1.29 is 28.0 Å². The summed E-state index contributed by atoms with van der Waals surface area (Å²) < 4.78 is 35.4. The van der Waals surface area contributed by atoms with Gasteiger partial charge < -0.3 is 10.1 Å². The Labute approximate surface area is 219 Å². The molecule has 2 aromatic carbocycles. The van der Waals surface area contributed by atoms with Crippen LogP contribution in [0.2, 0.25) is 0 Å². The lowest BCUT2D eigenvalue weighted by Gasteiger charge is -2.35. The number of morpholine rings is 1. The highest BCUT2D eigenvalue weighted by molar-refractivity contribution is 9.10. The van der Waals surface area contributed by atoms with Gasteiger partial charge in [-0.3, -0.25) is 19.7 Å². The van der Waals surface area contributed by atoms with E-state index >= 15 is 0 Å². The third-order valence-corrected chi connectivity index (χ3v) is 7.99. The fourth-order valence-corrected chi connectivity index (χ4v) is 5.61. The summed E-state index contributed by atoms with van der Waals surface area (Å²) in [6, 6.07) is 11.8. The van der Waals surface area contributed by atoms with Crippen LogP contribution in [0.5, 0.6) is 0 Å². The fourth-order valence-electron chi connectivity index (χ4n) is 4.10. The second-order valence-electron chi connectivity index (χ2n) is 8.87. The van der Waals surface area contributed by atoms with Crippen molar-refractivity contribution in [3.05, 3.63) is 58.6 Å². The van der Waals surface area contributed by atoms with Crippen molar-refractivity contribution in [2.24, 2.45) is 11.8 Å². The quantitative estimate of drug-likeness (QED) is 0.249. The van der Waals surface area contributed by atoms with E-state index in [2.05, 4.69) is 26.0 Å². The molecule has 0 bridgehead atoms. The molecular formula is C24H31BrN4O6S. The molecule has 12 heteroatoms. The summed E-state index contributed by atoms with van der Waals surface area (Å²) >= 11 is 3.32. The molecule has 0 radical (unpaired) electrons. The number of hydroxylamine groups is 1. The minimum atomic E-state index is -4.02. The highest BCUT2D eigenvalue weighted by Crippen LogP contribution is 2.22. The number of nitrogens with one attached hydrogen (secondary N) is 3. The third-order valence-electron chi connectivity index (χ3n) is 5.96. The zero-order valence-corrected chi connectivity index (χ0v) is 22.5. The first-order chi connectivity index (χ1) is 17.1. The van der Waals surface area contributed by atoms with Crippen LogP contribution >= 0.6 is 15.9 Å². The molecule has 0 aromatic heterocycles. The number of hydrogen-bond acceptors (Lipinski definition) is 7. The van der Waals surface area contributed by atoms with E-state index in [0.717, 1.165) is 4.47 Å². The Hall–Kier alpha value is -2.35. The highest BCUT2D eigenvalue weighted by Gasteiger charge is 2.35. The molecular weight excluding hydrogens is 552 g/mol. The largest absolute Gasteiger partial charge is 0.379 e. The van der Waals surface area contributed by atoms with Crippen LogP contribution in [0.25, 0.3) is 0 Å². The second kappa shape index (κ2) is 12.7. The van der Waals surface area contributed by atoms with Crippen molar-refractivity contribution in [1.82, 2.24) is 15.1 Å². The number of carbonyl (C=O) groups excluding carboxylic acids is 2. The predicted octanol–water partition coefficient (Wildman–Crippen LogP) is 2.46. The molecule has 2 atom stereocenters. The number of carbonyl (C=O) groups is 2. The van der Waals surface area contributed by atoms with E-state index in [1.54, 1.807) is 43.6 Å². The van der Waals surface area contributed by atoms with Gasteiger partial charge in [0.25, 0.3) is 5.91 Å². The Kier molecular flexibility index (Phi) is 10.00. The number of ether oxygens (including phenoxy) is 1. The fraction of sp³-hybridized carbons (Fsp3) is 0.417. The lowest BCUT2D eigenvalue weighted by molar-refractivity contribution is -0.136. The average molecular weight is 584 g/mol. The smallest absolute Gasteiger partial charge is 0.255 e. The van der Waals surface area contributed by atoms with Gasteiger partial charge in [0.05, 0.1) is 24.0 Å². The third kappa shape index (κ3) is 7.58. The topological polar surface area (TPSA) is 137 Å². The van der Waals surface area contributed by atoms with Gasteiger partial charge in [-0.15, -0.1) is 0 Å². The number of nitrogens with zero attached hydrogens (tertiary/aromatic N) is 1. The Morgan fingerprint density at radius 1 is 1.06 bits per heavy atom. The van der Waals surface area contributed by atoms with Crippen molar-refractivity contribution in [1.29, 1.82) is 0 Å². The van der Waals surface area contributed by atoms with E-state index < -0.39 is 27.9 Å². The lowest BCUT2D eigenvalue weighted by Crippen LogP contribution is -2.54. The molecule has 1 unspecified atom stereocenters. The molecule has 196 valence electrons. The van der Waals surface area contributed by atoms with Crippen LogP contribution in [0.3, 0.4) is 0 Å². The van der Waals surface area contributed by atoms with Crippen LogP contribution in [0, 0.1) is 11.8 Å². The number of amides is 2. The van der Waals surface area contributed by atoms with E-state index in [0.29, 0.717) is 37.6 Å². The van der Waals surface area contributed by atoms with Gasteiger partial charge in [-0.1, -0.05) is 29.8 Å². The van der Waals surface area contributed by atoms with Gasteiger partial charge in [0.15, 0.2) is 0 Å². The highest BCUT2D eigenvalue weighted by atomic mass is 79.9. The molecule has 2 amide bonds. The van der Waals surface area contributed by atoms with Crippen LogP contribution in [-0.2, 0) is 19.6 Å². The number of rotatable bonds is 10. The molecule has 0 aliphatic carbocycles. The summed E-state index contributed by atoms with van der Waals surface area (Å²) in [5.74, 6) is -2.03. The monoisotopic (exact) mass is 582 g/mol. The van der Waals surface area contributed by atoms with E-state index in [4.69, 9.17) is 4.74 Å². The summed E-state index contributed by atoms with van der Waals surface area (Å²) in [5, 5.41) is 12.0. The molecule has 2 aromatic rings. The SMILES string of the molecule is CC(C)C(C(=O)NO)[C@H](CN1CCOCC1)NS(=O)(=O)c1ccc(NC(=O)c2ccc(Br)cc2)cc1. The zero-order valence-electron chi connectivity index (χ0n) is 20.1. The molecule has 0 spiro atoms. The number of halogens is 1. The maximum atomic E-state index is 13.3. The van der Waals surface area contributed by atoms with Crippen LogP contribution in [0.15, 0.2) is 57.9 Å². The summed E-state index contributed by atoms with van der Waals surface area (Å²) in [6.07, 6.45) is 0. The average Bonchev–Trinajstić information content (AvgIpc) is 2.85. The number of sulfonamides is 1. The van der Waals surface area contributed by atoms with E-state index in [1.807, 2.05) is 4.90 Å². The molecule has 4 N–H and O–H groups in total. The molecule has 36 heavy (non-hydrogen) atoms. The number of anilines is 1. The molecule has 0 saturated carbocycles. The molecule has 10 nitrogen and oxygen atoms in total. The van der Waals surface area contributed by atoms with Crippen molar-refractivity contribution in [2.45, 2.75) is 24.8 Å². The van der Waals surface area contributed by atoms with Crippen molar-refractivity contribution in [3.63, 3.8) is 0 Å². The molecule has 1 aliphatic heterocycles. The van der Waals surface area contributed by atoms with Gasteiger partial charge in [0, 0.05) is 41.4 Å². The zero-order chi connectivity index (χ0) is 26.3. The van der Waals surface area contributed by atoms with E-state index in [1.165, 1.54) is 24.3 Å². The molecule has 1 aliphatic rings. The van der Waals surface area contributed by atoms with Crippen molar-refractivity contribution in [2.75, 3.05) is 38.2 Å².